The molecular formula is C24H18BrN5O2S. The number of rotatable bonds is 3. The Labute approximate surface area is 203 Å². The van der Waals surface area contributed by atoms with Crippen LogP contribution in [0.15, 0.2) is 57.9 Å². The lowest BCUT2D eigenvalue weighted by Gasteiger charge is -2.46. The Balaban J connectivity index is 1.69. The zero-order valence-corrected chi connectivity index (χ0v) is 19.8. The number of amides is 1. The number of halogens is 1. The highest BCUT2D eigenvalue weighted by Gasteiger charge is 2.58. The molecule has 4 rings (SSSR count). The van der Waals surface area contributed by atoms with Crippen LogP contribution in [-0.2, 0) is 11.3 Å². The van der Waals surface area contributed by atoms with Gasteiger partial charge in [-0.05, 0) is 33.1 Å². The minimum absolute atomic E-state index is 0.129. The molecule has 9 heteroatoms. The zero-order chi connectivity index (χ0) is 23.6. The quantitative estimate of drug-likeness (QED) is 0.571. The Morgan fingerprint density at radius 2 is 2.00 bits per heavy atom. The number of fused-ring (bicyclic) bond motifs is 1. The normalized spacial score (nSPS) is 23.3. The van der Waals surface area contributed by atoms with E-state index in [1.807, 2.05) is 41.8 Å². The molecule has 2 aliphatic rings. The van der Waals surface area contributed by atoms with Crippen LogP contribution in [0.5, 0.6) is 0 Å². The standard InChI is InChI=1S/C24H18BrN5O2S/c25-16-8-20(33-12-16)21-19-10-30(23(31)32-11-15-4-2-1-3-5-15)7-6-17(19)18(9-26)22(29)24(21,13-27)14-28/h1-6,8,12,18-19,21,29H,7,10-11H2/t18?,19-,21+/m1/s1. The van der Waals surface area contributed by atoms with Crippen LogP contribution in [0.4, 0.5) is 4.79 Å². The summed E-state index contributed by atoms with van der Waals surface area (Å²) in [6, 6.07) is 17.4. The van der Waals surface area contributed by atoms with Crippen LogP contribution in [0.1, 0.15) is 16.4 Å². The van der Waals surface area contributed by atoms with Crippen LogP contribution in [0.25, 0.3) is 0 Å². The van der Waals surface area contributed by atoms with Crippen LogP contribution >= 0.6 is 27.3 Å². The van der Waals surface area contributed by atoms with Gasteiger partial charge in [0.25, 0.3) is 0 Å². The summed E-state index contributed by atoms with van der Waals surface area (Å²) in [4.78, 5) is 15.1. The van der Waals surface area contributed by atoms with E-state index in [0.717, 1.165) is 14.9 Å². The maximum atomic E-state index is 12.8. The first-order valence-corrected chi connectivity index (χ1v) is 11.8. The van der Waals surface area contributed by atoms with E-state index in [1.54, 1.807) is 6.08 Å². The fraction of sp³-hybridized carbons (Fsp3) is 0.292. The summed E-state index contributed by atoms with van der Waals surface area (Å²) in [5.74, 6) is -2.13. The van der Waals surface area contributed by atoms with Gasteiger partial charge in [-0.1, -0.05) is 36.4 Å². The van der Waals surface area contributed by atoms with Gasteiger partial charge in [-0.2, -0.15) is 15.8 Å². The first kappa shape index (κ1) is 22.7. The highest BCUT2D eigenvalue weighted by Crippen LogP contribution is 2.54. The second-order valence-electron chi connectivity index (χ2n) is 7.91. The summed E-state index contributed by atoms with van der Waals surface area (Å²) in [5.41, 5.74) is -0.453. The Kier molecular flexibility index (Phi) is 6.33. The summed E-state index contributed by atoms with van der Waals surface area (Å²) in [6.45, 7) is 0.554. The average Bonchev–Trinajstić information content (AvgIpc) is 3.27. The van der Waals surface area contributed by atoms with Crippen molar-refractivity contribution in [2.45, 2.75) is 12.5 Å². The van der Waals surface area contributed by atoms with Crippen molar-refractivity contribution in [3.05, 3.63) is 68.3 Å². The van der Waals surface area contributed by atoms with Gasteiger partial charge in [0.05, 0.1) is 23.9 Å². The smallest absolute Gasteiger partial charge is 0.410 e. The Hall–Kier alpha value is -3.45. The lowest BCUT2D eigenvalue weighted by molar-refractivity contribution is 0.0894. The highest BCUT2D eigenvalue weighted by atomic mass is 79.9. The minimum Gasteiger partial charge on any atom is -0.445 e. The van der Waals surface area contributed by atoms with Gasteiger partial charge in [-0.15, -0.1) is 11.3 Å². The van der Waals surface area contributed by atoms with Crippen molar-refractivity contribution in [3.8, 4) is 18.2 Å². The molecule has 1 fully saturated rings. The van der Waals surface area contributed by atoms with E-state index in [0.29, 0.717) is 5.57 Å². The molecule has 164 valence electrons. The van der Waals surface area contributed by atoms with Crippen LogP contribution in [-0.4, -0.2) is 29.8 Å². The molecule has 1 aliphatic heterocycles. The molecule has 0 saturated heterocycles. The van der Waals surface area contributed by atoms with Crippen LogP contribution in [0, 0.1) is 56.7 Å². The molecule has 1 amide bonds. The van der Waals surface area contributed by atoms with Crippen LogP contribution in [0.2, 0.25) is 0 Å². The van der Waals surface area contributed by atoms with Crippen molar-refractivity contribution in [1.82, 2.24) is 4.90 Å². The summed E-state index contributed by atoms with van der Waals surface area (Å²) in [6.07, 6.45) is 1.27. The van der Waals surface area contributed by atoms with E-state index in [4.69, 9.17) is 10.1 Å². The summed E-state index contributed by atoms with van der Waals surface area (Å²) in [5, 5.41) is 40.5. The molecule has 1 unspecified atom stereocenters. The van der Waals surface area contributed by atoms with Crippen molar-refractivity contribution in [2.24, 2.45) is 17.3 Å². The van der Waals surface area contributed by atoms with Gasteiger partial charge >= 0.3 is 6.09 Å². The number of carbonyl (C=O) groups excluding carboxylic acids is 1. The Bertz CT molecular complexity index is 1240. The number of nitriles is 3. The van der Waals surface area contributed by atoms with E-state index < -0.39 is 29.3 Å². The number of benzene rings is 1. The van der Waals surface area contributed by atoms with Gasteiger partial charge in [0.15, 0.2) is 5.41 Å². The number of nitrogens with one attached hydrogen (secondary N) is 1. The maximum Gasteiger partial charge on any atom is 0.410 e. The molecule has 0 spiro atoms. The molecule has 2 heterocycles. The van der Waals surface area contributed by atoms with Gasteiger partial charge in [-0.3, -0.25) is 0 Å². The third-order valence-corrected chi connectivity index (χ3v) is 7.92. The topological polar surface area (TPSA) is 125 Å². The molecule has 1 N–H and O–H groups in total. The molecule has 0 radical (unpaired) electrons. The lowest BCUT2D eigenvalue weighted by Crippen LogP contribution is -2.53. The predicted molar refractivity (Wildman–Crippen MR) is 125 cm³/mol. The summed E-state index contributed by atoms with van der Waals surface area (Å²) >= 11 is 4.81. The van der Waals surface area contributed by atoms with E-state index in [2.05, 4.69) is 34.1 Å². The third-order valence-electron chi connectivity index (χ3n) is 6.15. The van der Waals surface area contributed by atoms with E-state index in [9.17, 15) is 20.6 Å². The second kappa shape index (κ2) is 9.19. The number of ether oxygens (including phenoxy) is 1. The third kappa shape index (κ3) is 3.93. The van der Waals surface area contributed by atoms with Crippen molar-refractivity contribution in [2.75, 3.05) is 13.1 Å². The number of hydrogen-bond acceptors (Lipinski definition) is 7. The molecule has 33 heavy (non-hydrogen) atoms. The predicted octanol–water partition coefficient (Wildman–Crippen LogP) is 5.00. The lowest BCUT2D eigenvalue weighted by atomic mass is 9.55. The van der Waals surface area contributed by atoms with E-state index >= 15 is 0 Å². The van der Waals surface area contributed by atoms with E-state index in [1.165, 1.54) is 16.2 Å². The number of hydrogen-bond donors (Lipinski definition) is 1. The molecule has 1 saturated carbocycles. The molecule has 7 nitrogen and oxygen atoms in total. The van der Waals surface area contributed by atoms with Crippen LogP contribution in [0.3, 0.4) is 0 Å². The van der Waals surface area contributed by atoms with Crippen molar-refractivity contribution < 1.29 is 9.53 Å². The first-order chi connectivity index (χ1) is 15.9. The Morgan fingerprint density at radius 1 is 1.27 bits per heavy atom. The maximum absolute atomic E-state index is 12.8. The summed E-state index contributed by atoms with van der Waals surface area (Å²) < 4.78 is 6.29. The number of thiophene rings is 1. The second-order valence-corrected chi connectivity index (χ2v) is 9.77. The molecule has 2 aromatic rings. The SMILES string of the molecule is N#CC1C(=N)C(C#N)(C#N)[C@H](c2cc(Br)cs2)[C@@H]2CN(C(=O)OCc3ccccc3)CC=C12. The number of nitrogens with zero attached hydrogens (tertiary/aromatic N) is 4. The molecule has 0 bridgehead atoms. The van der Waals surface area contributed by atoms with Crippen molar-refractivity contribution in [3.63, 3.8) is 0 Å². The fourth-order valence-corrected chi connectivity index (χ4v) is 6.24. The summed E-state index contributed by atoms with van der Waals surface area (Å²) in [7, 11) is 0. The first-order valence-electron chi connectivity index (χ1n) is 10.2. The Morgan fingerprint density at radius 3 is 2.61 bits per heavy atom. The monoisotopic (exact) mass is 519 g/mol. The minimum atomic E-state index is -1.80. The van der Waals surface area contributed by atoms with Crippen molar-refractivity contribution in [1.29, 1.82) is 21.2 Å². The van der Waals surface area contributed by atoms with Crippen LogP contribution < -0.4 is 0 Å². The molecule has 1 aliphatic carbocycles. The highest BCUT2D eigenvalue weighted by molar-refractivity contribution is 9.10. The van der Waals surface area contributed by atoms with E-state index in [-0.39, 0.29) is 25.4 Å². The number of carbonyl (C=O) groups is 1. The average molecular weight is 520 g/mol. The van der Waals surface area contributed by atoms with Crippen molar-refractivity contribution >= 4 is 39.1 Å². The molecule has 1 aromatic heterocycles. The van der Waals surface area contributed by atoms with Gasteiger partial charge in [-0.25, -0.2) is 4.79 Å². The molecule has 1 aromatic carbocycles. The molecule has 3 atom stereocenters. The largest absolute Gasteiger partial charge is 0.445 e. The zero-order valence-electron chi connectivity index (χ0n) is 17.4. The van der Waals surface area contributed by atoms with Gasteiger partial charge < -0.3 is 15.0 Å². The fourth-order valence-electron chi connectivity index (χ4n) is 4.56. The van der Waals surface area contributed by atoms with Gasteiger partial charge in [0.2, 0.25) is 0 Å². The molecular weight excluding hydrogens is 502 g/mol. The van der Waals surface area contributed by atoms with Gasteiger partial charge in [0.1, 0.15) is 12.5 Å². The van der Waals surface area contributed by atoms with Gasteiger partial charge in [0, 0.05) is 39.7 Å².